The third-order valence-corrected chi connectivity index (χ3v) is 3.48. The standard InChI is InChI=1S/C8H9F3N2O2S.CH3F3N2O2S/c9-8(10,11)13(16(12,14)15)6-7-4-2-1-3-5-7;2-1(3,4)6-9(5,7)8/h1-5H,6H2,(H2,12,14,15);6H,(H2,5,7,8). The number of halogens is 6. The summed E-state index contributed by atoms with van der Waals surface area (Å²) in [6.45, 7) is -0.830. The third-order valence-electron chi connectivity index (χ3n) is 2.02. The van der Waals surface area contributed by atoms with E-state index in [2.05, 4.69) is 10.3 Å². The number of hydrogen-bond donors (Lipinski definition) is 3. The van der Waals surface area contributed by atoms with Crippen molar-refractivity contribution < 1.29 is 43.2 Å². The van der Waals surface area contributed by atoms with Gasteiger partial charge in [0.25, 0.3) is 20.4 Å². The molecule has 8 nitrogen and oxygen atoms in total. The molecule has 0 radical (unpaired) electrons. The normalized spacial score (nSPS) is 13.3. The van der Waals surface area contributed by atoms with Crippen molar-refractivity contribution >= 4 is 20.4 Å². The van der Waals surface area contributed by atoms with E-state index in [9.17, 15) is 43.2 Å². The Bertz CT molecular complexity index is 749. The summed E-state index contributed by atoms with van der Waals surface area (Å²) in [5.41, 5.74) is 0.203. The van der Waals surface area contributed by atoms with Crippen LogP contribution in [0.4, 0.5) is 26.3 Å². The number of nitrogens with one attached hydrogen (secondary N) is 1. The van der Waals surface area contributed by atoms with E-state index in [4.69, 9.17) is 0 Å². The Morgan fingerprint density at radius 1 is 0.920 bits per heavy atom. The molecule has 0 saturated carbocycles. The number of nitrogens with two attached hydrogens (primary N) is 2. The molecular formula is C9H12F6N4O4S2. The lowest BCUT2D eigenvalue weighted by Gasteiger charge is -2.21. The molecule has 0 aliphatic carbocycles. The van der Waals surface area contributed by atoms with Crippen molar-refractivity contribution in [1.29, 1.82) is 0 Å². The van der Waals surface area contributed by atoms with Gasteiger partial charge in [0, 0.05) is 6.54 Å². The van der Waals surface area contributed by atoms with Crippen molar-refractivity contribution in [1.82, 2.24) is 9.03 Å². The molecule has 25 heavy (non-hydrogen) atoms. The predicted molar refractivity (Wildman–Crippen MR) is 73.4 cm³/mol. The molecule has 0 atom stereocenters. The van der Waals surface area contributed by atoms with E-state index in [1.165, 1.54) is 24.3 Å². The number of alkyl halides is 6. The Kier molecular flexibility index (Phi) is 7.80. The van der Waals surface area contributed by atoms with Crippen LogP contribution in [0.3, 0.4) is 0 Å². The average molecular weight is 418 g/mol. The largest absolute Gasteiger partial charge is 0.474 e. The third kappa shape index (κ3) is 11.7. The zero-order valence-corrected chi connectivity index (χ0v) is 13.5. The van der Waals surface area contributed by atoms with Crippen LogP contribution in [0.2, 0.25) is 0 Å². The molecule has 0 spiro atoms. The van der Waals surface area contributed by atoms with Crippen LogP contribution < -0.4 is 15.0 Å². The topological polar surface area (TPSA) is 136 Å². The van der Waals surface area contributed by atoms with Gasteiger partial charge in [0.1, 0.15) is 0 Å². The molecule has 0 aromatic heterocycles. The Hall–Kier alpha value is -1.46. The number of nitrogens with zero attached hydrogens (tertiary/aromatic N) is 1. The first kappa shape index (κ1) is 23.5. The second-order valence-corrected chi connectivity index (χ2v) is 6.91. The van der Waals surface area contributed by atoms with Crippen LogP contribution in [0.15, 0.2) is 30.3 Å². The molecule has 0 saturated heterocycles. The maximum atomic E-state index is 12.4. The van der Waals surface area contributed by atoms with Crippen molar-refractivity contribution in [3.8, 4) is 0 Å². The van der Waals surface area contributed by atoms with Crippen molar-refractivity contribution in [3.63, 3.8) is 0 Å². The summed E-state index contributed by atoms with van der Waals surface area (Å²) in [5, 5.41) is 8.45. The van der Waals surface area contributed by atoms with Crippen LogP contribution in [0, 0.1) is 0 Å². The van der Waals surface area contributed by atoms with E-state index in [1.54, 1.807) is 6.07 Å². The van der Waals surface area contributed by atoms with Crippen LogP contribution in [0.25, 0.3) is 0 Å². The van der Waals surface area contributed by atoms with Crippen LogP contribution in [0.1, 0.15) is 5.56 Å². The molecule has 1 aromatic carbocycles. The SMILES string of the molecule is NS(=O)(=O)N(Cc1ccccc1)C(F)(F)F.NS(=O)(=O)NC(F)(F)F. The van der Waals surface area contributed by atoms with Gasteiger partial charge in [-0.2, -0.15) is 43.2 Å². The van der Waals surface area contributed by atoms with Gasteiger partial charge in [-0.15, -0.1) is 4.72 Å². The van der Waals surface area contributed by atoms with E-state index in [0.717, 1.165) is 0 Å². The molecule has 0 fully saturated rings. The molecule has 0 unspecified atom stereocenters. The van der Waals surface area contributed by atoms with Gasteiger partial charge in [0.2, 0.25) is 0 Å². The highest BCUT2D eigenvalue weighted by Crippen LogP contribution is 2.25. The zero-order valence-electron chi connectivity index (χ0n) is 11.9. The molecule has 1 rings (SSSR count). The quantitative estimate of drug-likeness (QED) is 0.485. The lowest BCUT2D eigenvalue weighted by atomic mass is 10.2. The second-order valence-electron chi connectivity index (χ2n) is 4.15. The van der Waals surface area contributed by atoms with Crippen LogP contribution in [0.5, 0.6) is 0 Å². The highest BCUT2D eigenvalue weighted by Gasteiger charge is 2.44. The maximum absolute atomic E-state index is 12.4. The van der Waals surface area contributed by atoms with Gasteiger partial charge in [0.15, 0.2) is 0 Å². The molecule has 0 aliphatic heterocycles. The van der Waals surface area contributed by atoms with E-state index >= 15 is 0 Å². The average Bonchev–Trinajstić information content (AvgIpc) is 2.30. The molecule has 0 amide bonds. The van der Waals surface area contributed by atoms with Crippen LogP contribution in [-0.2, 0) is 27.0 Å². The summed E-state index contributed by atoms with van der Waals surface area (Å²) < 4.78 is 110. The Morgan fingerprint density at radius 2 is 1.36 bits per heavy atom. The first-order valence-electron chi connectivity index (χ1n) is 5.71. The van der Waals surface area contributed by atoms with Crippen molar-refractivity contribution in [2.75, 3.05) is 0 Å². The summed E-state index contributed by atoms with van der Waals surface area (Å²) in [5.74, 6) is 0. The van der Waals surface area contributed by atoms with Gasteiger partial charge in [-0.1, -0.05) is 34.6 Å². The lowest BCUT2D eigenvalue weighted by Crippen LogP contribution is -2.45. The second kappa shape index (κ2) is 8.28. The van der Waals surface area contributed by atoms with Crippen molar-refractivity contribution in [3.05, 3.63) is 35.9 Å². The number of rotatable bonds is 4. The molecular weight excluding hydrogens is 406 g/mol. The number of benzene rings is 1. The summed E-state index contributed by atoms with van der Waals surface area (Å²) in [6, 6.07) is 7.38. The Morgan fingerprint density at radius 3 is 1.60 bits per heavy atom. The van der Waals surface area contributed by atoms with Gasteiger partial charge in [-0.3, -0.25) is 0 Å². The predicted octanol–water partition coefficient (Wildman–Crippen LogP) is 0.511. The fourth-order valence-corrected chi connectivity index (χ4v) is 2.17. The van der Waals surface area contributed by atoms with Crippen LogP contribution >= 0.6 is 0 Å². The number of hydrogen-bond acceptors (Lipinski definition) is 4. The van der Waals surface area contributed by atoms with Gasteiger partial charge in [-0.05, 0) is 5.56 Å². The molecule has 0 bridgehead atoms. The summed E-state index contributed by atoms with van der Waals surface area (Å²) in [7, 11) is -9.47. The molecule has 1 aromatic rings. The Balaban J connectivity index is 0.000000547. The minimum absolute atomic E-state index is 0.203. The van der Waals surface area contributed by atoms with Crippen molar-refractivity contribution in [2.24, 2.45) is 10.3 Å². The fraction of sp³-hybridized carbons (Fsp3) is 0.333. The monoisotopic (exact) mass is 418 g/mol. The molecule has 146 valence electrons. The maximum Gasteiger partial charge on any atom is 0.474 e. The highest BCUT2D eigenvalue weighted by atomic mass is 32.2. The van der Waals surface area contributed by atoms with E-state index < -0.39 is 43.9 Å². The molecule has 0 aliphatic rings. The smallest absolute Gasteiger partial charge is 0.216 e. The summed E-state index contributed by atoms with van der Waals surface area (Å²) in [4.78, 5) is 0. The van der Waals surface area contributed by atoms with Gasteiger partial charge >= 0.3 is 12.6 Å². The first-order chi connectivity index (χ1) is 10.9. The van der Waals surface area contributed by atoms with Crippen molar-refractivity contribution in [2.45, 2.75) is 19.1 Å². The van der Waals surface area contributed by atoms with Gasteiger partial charge in [0.05, 0.1) is 0 Å². The highest BCUT2D eigenvalue weighted by molar-refractivity contribution is 7.87. The van der Waals surface area contributed by atoms with E-state index in [0.29, 0.717) is 0 Å². The van der Waals surface area contributed by atoms with E-state index in [1.807, 2.05) is 0 Å². The lowest BCUT2D eigenvalue weighted by molar-refractivity contribution is -0.213. The van der Waals surface area contributed by atoms with Gasteiger partial charge in [-0.25, -0.2) is 10.3 Å². The molecule has 5 N–H and O–H groups in total. The minimum Gasteiger partial charge on any atom is -0.216 e. The summed E-state index contributed by atoms with van der Waals surface area (Å²) in [6.07, 6.45) is -10.0. The zero-order chi connectivity index (χ0) is 20.1. The van der Waals surface area contributed by atoms with Crippen LogP contribution in [-0.4, -0.2) is 33.7 Å². The first-order valence-corrected chi connectivity index (χ1v) is 8.76. The summed E-state index contributed by atoms with van der Waals surface area (Å²) >= 11 is 0. The molecule has 16 heteroatoms. The fourth-order valence-electron chi connectivity index (χ4n) is 1.23. The minimum atomic E-state index is -5.02. The van der Waals surface area contributed by atoms with E-state index in [-0.39, 0.29) is 10.3 Å². The Labute approximate surface area is 138 Å². The van der Waals surface area contributed by atoms with Gasteiger partial charge < -0.3 is 0 Å². The molecule has 0 heterocycles.